The van der Waals surface area contributed by atoms with Crippen molar-refractivity contribution in [3.63, 3.8) is 0 Å². The van der Waals surface area contributed by atoms with Gasteiger partial charge in [0, 0.05) is 22.9 Å². The van der Waals surface area contributed by atoms with Gasteiger partial charge >= 0.3 is 0 Å². The maximum Gasteiger partial charge on any atom is 0.241 e. The standard InChI is InChI=1S/C24H29N3O5S.ClH/c1-13(2)20(25)24(28)27-17-9-7-8-15(21(17)31-5)16-12-26-33-23(16)14-10-18(29-3)22(32-6)19(11-14)30-4;/h7-13,20H,25H2,1-6H3,(H,27,28);1H. The van der Waals surface area contributed by atoms with E-state index in [-0.39, 0.29) is 24.2 Å². The number of rotatable bonds is 9. The Hall–Kier alpha value is -3.01. The fourth-order valence-corrected chi connectivity index (χ4v) is 4.19. The minimum atomic E-state index is -0.629. The van der Waals surface area contributed by atoms with Gasteiger partial charge in [-0.25, -0.2) is 0 Å². The Morgan fingerprint density at radius 3 is 2.12 bits per heavy atom. The summed E-state index contributed by atoms with van der Waals surface area (Å²) in [5, 5.41) is 2.89. The van der Waals surface area contributed by atoms with E-state index in [9.17, 15) is 4.79 Å². The Labute approximate surface area is 209 Å². The van der Waals surface area contributed by atoms with Gasteiger partial charge in [-0.1, -0.05) is 26.0 Å². The number of hydrogen-bond donors (Lipinski definition) is 2. The third kappa shape index (κ3) is 5.38. The number of aromatic nitrogens is 1. The average Bonchev–Trinajstić information content (AvgIpc) is 3.31. The molecule has 0 aliphatic heterocycles. The molecule has 0 aliphatic rings. The summed E-state index contributed by atoms with van der Waals surface area (Å²) in [6.07, 6.45) is 1.77. The summed E-state index contributed by atoms with van der Waals surface area (Å²) >= 11 is 1.33. The van der Waals surface area contributed by atoms with Crippen LogP contribution in [0.2, 0.25) is 0 Å². The molecule has 1 amide bonds. The minimum Gasteiger partial charge on any atom is -0.494 e. The molecule has 0 fully saturated rings. The lowest BCUT2D eigenvalue weighted by molar-refractivity contribution is -0.118. The third-order valence-electron chi connectivity index (χ3n) is 5.29. The van der Waals surface area contributed by atoms with E-state index in [4.69, 9.17) is 24.7 Å². The van der Waals surface area contributed by atoms with Crippen LogP contribution in [0.25, 0.3) is 21.6 Å². The van der Waals surface area contributed by atoms with Gasteiger partial charge < -0.3 is 30.0 Å². The van der Waals surface area contributed by atoms with E-state index in [2.05, 4.69) is 9.69 Å². The lowest BCUT2D eigenvalue weighted by Gasteiger charge is -2.19. The lowest BCUT2D eigenvalue weighted by Crippen LogP contribution is -2.39. The molecule has 0 spiro atoms. The van der Waals surface area contributed by atoms with Crippen LogP contribution in [0, 0.1) is 5.92 Å². The summed E-state index contributed by atoms with van der Waals surface area (Å²) in [7, 11) is 6.28. The first-order valence-corrected chi connectivity index (χ1v) is 11.1. The molecule has 1 heterocycles. The van der Waals surface area contributed by atoms with Gasteiger partial charge in [-0.2, -0.15) is 4.37 Å². The Morgan fingerprint density at radius 2 is 1.59 bits per heavy atom. The number of para-hydroxylation sites is 1. The molecule has 1 aromatic heterocycles. The van der Waals surface area contributed by atoms with Crippen LogP contribution < -0.4 is 30.0 Å². The second kappa shape index (κ2) is 11.9. The normalized spacial score (nSPS) is 11.4. The van der Waals surface area contributed by atoms with Crippen LogP contribution in [0.1, 0.15) is 13.8 Å². The summed E-state index contributed by atoms with van der Waals surface area (Å²) in [5.41, 5.74) is 9.03. The van der Waals surface area contributed by atoms with Gasteiger partial charge in [0.25, 0.3) is 0 Å². The Balaban J connectivity index is 0.00000408. The van der Waals surface area contributed by atoms with Crippen LogP contribution in [0.5, 0.6) is 23.0 Å². The summed E-state index contributed by atoms with van der Waals surface area (Å²) in [4.78, 5) is 13.5. The molecule has 0 radical (unpaired) electrons. The molecule has 0 bridgehead atoms. The fourth-order valence-electron chi connectivity index (χ4n) is 3.44. The molecule has 184 valence electrons. The minimum absolute atomic E-state index is 0. The highest BCUT2D eigenvalue weighted by Crippen LogP contribution is 2.47. The third-order valence-corrected chi connectivity index (χ3v) is 6.13. The van der Waals surface area contributed by atoms with Crippen molar-refractivity contribution in [2.75, 3.05) is 33.8 Å². The summed E-state index contributed by atoms with van der Waals surface area (Å²) < 4.78 is 26.6. The SMILES string of the molecule is COc1cc(-c2sncc2-c2cccc(NC(=O)C(N)C(C)C)c2OC)cc(OC)c1OC.Cl. The molecule has 3 aromatic rings. The molecule has 3 rings (SSSR count). The maximum atomic E-state index is 12.6. The quantitative estimate of drug-likeness (QED) is 0.426. The number of benzene rings is 2. The summed E-state index contributed by atoms with van der Waals surface area (Å²) in [6.45, 7) is 3.80. The van der Waals surface area contributed by atoms with E-state index in [1.54, 1.807) is 40.7 Å². The van der Waals surface area contributed by atoms with Crippen LogP contribution in [0.4, 0.5) is 5.69 Å². The van der Waals surface area contributed by atoms with E-state index in [1.807, 2.05) is 38.1 Å². The zero-order valence-corrected chi connectivity index (χ0v) is 21.6. The van der Waals surface area contributed by atoms with Gasteiger partial charge in [-0.15, -0.1) is 12.4 Å². The second-order valence-corrected chi connectivity index (χ2v) is 8.43. The van der Waals surface area contributed by atoms with Crippen molar-refractivity contribution in [1.82, 2.24) is 4.37 Å². The Morgan fingerprint density at radius 1 is 0.971 bits per heavy atom. The summed E-state index contributed by atoms with van der Waals surface area (Å²) in [6, 6.07) is 8.67. The lowest BCUT2D eigenvalue weighted by atomic mass is 10.0. The number of ether oxygens (including phenoxy) is 4. The molecule has 2 aromatic carbocycles. The van der Waals surface area contributed by atoms with Crippen LogP contribution in [0.3, 0.4) is 0 Å². The van der Waals surface area contributed by atoms with E-state index in [0.717, 1.165) is 21.6 Å². The highest BCUT2D eigenvalue weighted by atomic mass is 35.5. The van der Waals surface area contributed by atoms with Gasteiger partial charge in [0.05, 0.1) is 45.0 Å². The zero-order chi connectivity index (χ0) is 24.1. The monoisotopic (exact) mass is 507 g/mol. The first-order chi connectivity index (χ1) is 15.9. The number of anilines is 1. The number of carbonyl (C=O) groups is 1. The Bertz CT molecular complexity index is 1110. The first-order valence-electron chi connectivity index (χ1n) is 10.3. The molecule has 8 nitrogen and oxygen atoms in total. The van der Waals surface area contributed by atoms with Crippen molar-refractivity contribution < 1.29 is 23.7 Å². The van der Waals surface area contributed by atoms with Gasteiger partial charge in [0.2, 0.25) is 11.7 Å². The number of halogens is 1. The highest BCUT2D eigenvalue weighted by molar-refractivity contribution is 7.10. The number of carbonyl (C=O) groups excluding carboxylic acids is 1. The maximum absolute atomic E-state index is 12.6. The topological polar surface area (TPSA) is 105 Å². The van der Waals surface area contributed by atoms with Gasteiger partial charge in [0.1, 0.15) is 5.75 Å². The van der Waals surface area contributed by atoms with E-state index >= 15 is 0 Å². The van der Waals surface area contributed by atoms with E-state index in [1.165, 1.54) is 11.5 Å². The largest absolute Gasteiger partial charge is 0.494 e. The highest BCUT2D eigenvalue weighted by Gasteiger charge is 2.23. The number of nitrogens with zero attached hydrogens (tertiary/aromatic N) is 1. The van der Waals surface area contributed by atoms with Crippen molar-refractivity contribution >= 4 is 35.5 Å². The van der Waals surface area contributed by atoms with Crippen LogP contribution >= 0.6 is 23.9 Å². The van der Waals surface area contributed by atoms with Gasteiger partial charge in [-0.05, 0) is 35.6 Å². The average molecular weight is 508 g/mol. The molecular formula is C24H30ClN3O5S. The van der Waals surface area contributed by atoms with Crippen molar-refractivity contribution in [3.8, 4) is 44.6 Å². The predicted octanol–water partition coefficient (Wildman–Crippen LogP) is 4.86. The van der Waals surface area contributed by atoms with Crippen molar-refractivity contribution in [1.29, 1.82) is 0 Å². The molecule has 0 saturated carbocycles. The van der Waals surface area contributed by atoms with Crippen LogP contribution in [0.15, 0.2) is 36.5 Å². The number of nitrogens with one attached hydrogen (secondary N) is 1. The molecule has 0 aliphatic carbocycles. The van der Waals surface area contributed by atoms with Gasteiger partial charge in [0.15, 0.2) is 11.5 Å². The zero-order valence-electron chi connectivity index (χ0n) is 20.0. The van der Waals surface area contributed by atoms with Crippen molar-refractivity contribution in [3.05, 3.63) is 36.5 Å². The van der Waals surface area contributed by atoms with Crippen LogP contribution in [-0.2, 0) is 4.79 Å². The van der Waals surface area contributed by atoms with Crippen molar-refractivity contribution in [2.45, 2.75) is 19.9 Å². The number of amides is 1. The van der Waals surface area contributed by atoms with Crippen LogP contribution in [-0.4, -0.2) is 44.8 Å². The number of nitrogens with two attached hydrogens (primary N) is 1. The smallest absolute Gasteiger partial charge is 0.241 e. The second-order valence-electron chi connectivity index (χ2n) is 7.63. The molecule has 34 heavy (non-hydrogen) atoms. The van der Waals surface area contributed by atoms with E-state index in [0.29, 0.717) is 28.7 Å². The molecular weight excluding hydrogens is 478 g/mol. The molecule has 0 saturated heterocycles. The fraction of sp³-hybridized carbons (Fsp3) is 0.333. The van der Waals surface area contributed by atoms with Gasteiger partial charge in [-0.3, -0.25) is 4.79 Å². The van der Waals surface area contributed by atoms with E-state index < -0.39 is 6.04 Å². The molecule has 1 unspecified atom stereocenters. The number of methoxy groups -OCH3 is 4. The first kappa shape index (κ1) is 27.2. The van der Waals surface area contributed by atoms with Crippen molar-refractivity contribution in [2.24, 2.45) is 11.7 Å². The Kier molecular flexibility index (Phi) is 9.55. The molecule has 1 atom stereocenters. The molecule has 3 N–H and O–H groups in total. The summed E-state index contributed by atoms with van der Waals surface area (Å²) in [5.74, 6) is 1.86. The number of hydrogen-bond acceptors (Lipinski definition) is 8. The molecule has 10 heteroatoms. The predicted molar refractivity (Wildman–Crippen MR) is 138 cm³/mol.